The molecule has 0 bridgehead atoms. The Labute approximate surface area is 448 Å². The molecule has 1 atom stereocenters. The van der Waals surface area contributed by atoms with E-state index in [9.17, 15) is 14.4 Å². The molecule has 0 aromatic heterocycles. The molecule has 0 N–H and O–H groups in total. The van der Waals surface area contributed by atoms with Crippen LogP contribution in [0.3, 0.4) is 0 Å². The van der Waals surface area contributed by atoms with Crippen LogP contribution < -0.4 is 0 Å². The van der Waals surface area contributed by atoms with E-state index < -0.39 is 6.10 Å². The van der Waals surface area contributed by atoms with Crippen molar-refractivity contribution >= 4 is 17.9 Å². The van der Waals surface area contributed by atoms with E-state index >= 15 is 0 Å². The molecule has 0 aromatic carbocycles. The minimum Gasteiger partial charge on any atom is -0.462 e. The Balaban J connectivity index is 4.03. The predicted molar refractivity (Wildman–Crippen MR) is 312 cm³/mol. The minimum absolute atomic E-state index is 0.0755. The van der Waals surface area contributed by atoms with Crippen LogP contribution in [0.2, 0.25) is 0 Å². The Morgan fingerprint density at radius 1 is 0.278 bits per heavy atom. The number of unbranched alkanes of at least 4 members (excludes halogenated alkanes) is 39. The average molecular weight is 1010 g/mol. The van der Waals surface area contributed by atoms with Crippen molar-refractivity contribution in [3.8, 4) is 0 Å². The second-order valence-electron chi connectivity index (χ2n) is 21.3. The van der Waals surface area contributed by atoms with Crippen LogP contribution in [-0.4, -0.2) is 37.2 Å². The molecule has 0 aromatic rings. The maximum atomic E-state index is 12.8. The maximum absolute atomic E-state index is 12.8. The summed E-state index contributed by atoms with van der Waals surface area (Å²) in [6.45, 7) is 6.58. The summed E-state index contributed by atoms with van der Waals surface area (Å²) in [6.07, 6.45) is 75.9. The van der Waals surface area contributed by atoms with Gasteiger partial charge in [-0.15, -0.1) is 0 Å². The van der Waals surface area contributed by atoms with Crippen LogP contribution >= 0.6 is 0 Å². The third-order valence-electron chi connectivity index (χ3n) is 14.1. The van der Waals surface area contributed by atoms with E-state index in [0.717, 1.165) is 77.0 Å². The molecular formula is C66H120O6. The Kier molecular flexibility index (Phi) is 58.7. The summed E-state index contributed by atoms with van der Waals surface area (Å²) in [6, 6.07) is 0. The second-order valence-corrected chi connectivity index (χ2v) is 21.3. The third kappa shape index (κ3) is 58.3. The number of hydrogen-bond acceptors (Lipinski definition) is 6. The molecule has 0 aliphatic heterocycles. The fraction of sp³-hybridized carbons (Fsp3) is 0.833. The summed E-state index contributed by atoms with van der Waals surface area (Å²) in [5.74, 6) is -0.883. The lowest BCUT2D eigenvalue weighted by Crippen LogP contribution is -2.30. The Bertz CT molecular complexity index is 1250. The molecule has 420 valence electrons. The highest BCUT2D eigenvalue weighted by molar-refractivity contribution is 5.71. The van der Waals surface area contributed by atoms with Crippen LogP contribution in [0.5, 0.6) is 0 Å². The molecule has 0 aliphatic carbocycles. The normalized spacial score (nSPS) is 12.3. The van der Waals surface area contributed by atoms with Gasteiger partial charge in [0.15, 0.2) is 6.10 Å². The second kappa shape index (κ2) is 60.9. The molecule has 0 radical (unpaired) electrons. The van der Waals surface area contributed by atoms with Crippen LogP contribution in [0, 0.1) is 0 Å². The first kappa shape index (κ1) is 69.4. The molecule has 0 saturated heterocycles. The molecular weight excluding hydrogens is 889 g/mol. The number of esters is 3. The minimum atomic E-state index is -0.776. The van der Waals surface area contributed by atoms with Crippen molar-refractivity contribution in [2.24, 2.45) is 0 Å². The van der Waals surface area contributed by atoms with E-state index in [0.29, 0.717) is 19.3 Å². The first-order chi connectivity index (χ1) is 35.5. The molecule has 0 heterocycles. The average Bonchev–Trinajstić information content (AvgIpc) is 3.38. The number of allylic oxidation sites excluding steroid dienone is 8. The molecule has 0 amide bonds. The van der Waals surface area contributed by atoms with Crippen LogP contribution in [0.1, 0.15) is 335 Å². The van der Waals surface area contributed by atoms with Gasteiger partial charge in [0, 0.05) is 19.3 Å². The van der Waals surface area contributed by atoms with E-state index in [1.165, 1.54) is 218 Å². The fourth-order valence-corrected chi connectivity index (χ4v) is 9.27. The lowest BCUT2D eigenvalue weighted by molar-refractivity contribution is -0.167. The first-order valence-electron chi connectivity index (χ1n) is 31.6. The van der Waals surface area contributed by atoms with Gasteiger partial charge in [0.25, 0.3) is 0 Å². The zero-order chi connectivity index (χ0) is 52.2. The van der Waals surface area contributed by atoms with E-state index in [2.05, 4.69) is 69.4 Å². The lowest BCUT2D eigenvalue weighted by Gasteiger charge is -2.18. The van der Waals surface area contributed by atoms with Gasteiger partial charge in [0.2, 0.25) is 0 Å². The van der Waals surface area contributed by atoms with Gasteiger partial charge in [0.05, 0.1) is 0 Å². The summed E-state index contributed by atoms with van der Waals surface area (Å²) in [4.78, 5) is 38.0. The van der Waals surface area contributed by atoms with Gasteiger partial charge in [0.1, 0.15) is 13.2 Å². The molecule has 6 heteroatoms. The van der Waals surface area contributed by atoms with Crippen molar-refractivity contribution in [1.82, 2.24) is 0 Å². The zero-order valence-electron chi connectivity index (χ0n) is 48.2. The number of carbonyl (C=O) groups is 3. The van der Waals surface area contributed by atoms with Gasteiger partial charge >= 0.3 is 17.9 Å². The van der Waals surface area contributed by atoms with Crippen molar-refractivity contribution in [2.75, 3.05) is 13.2 Å². The molecule has 6 nitrogen and oxygen atoms in total. The highest BCUT2D eigenvalue weighted by atomic mass is 16.6. The van der Waals surface area contributed by atoms with Crippen LogP contribution in [0.15, 0.2) is 48.6 Å². The van der Waals surface area contributed by atoms with Crippen molar-refractivity contribution in [1.29, 1.82) is 0 Å². The van der Waals surface area contributed by atoms with Gasteiger partial charge in [-0.1, -0.05) is 281 Å². The summed E-state index contributed by atoms with van der Waals surface area (Å²) in [5.41, 5.74) is 0. The van der Waals surface area contributed by atoms with E-state index in [4.69, 9.17) is 14.2 Å². The van der Waals surface area contributed by atoms with Gasteiger partial charge in [-0.25, -0.2) is 0 Å². The zero-order valence-corrected chi connectivity index (χ0v) is 48.2. The molecule has 72 heavy (non-hydrogen) atoms. The Morgan fingerprint density at radius 2 is 0.500 bits per heavy atom. The van der Waals surface area contributed by atoms with Gasteiger partial charge in [-0.05, 0) is 83.5 Å². The summed E-state index contributed by atoms with van der Waals surface area (Å²) in [5, 5.41) is 0. The molecule has 0 saturated carbocycles. The van der Waals surface area contributed by atoms with Crippen molar-refractivity contribution in [3.05, 3.63) is 48.6 Å². The fourth-order valence-electron chi connectivity index (χ4n) is 9.27. The van der Waals surface area contributed by atoms with E-state index in [-0.39, 0.29) is 31.1 Å². The quantitative estimate of drug-likeness (QED) is 0.0261. The smallest absolute Gasteiger partial charge is 0.306 e. The summed E-state index contributed by atoms with van der Waals surface area (Å²) in [7, 11) is 0. The predicted octanol–water partition coefficient (Wildman–Crippen LogP) is 21.4. The maximum Gasteiger partial charge on any atom is 0.306 e. The first-order valence-corrected chi connectivity index (χ1v) is 31.6. The summed E-state index contributed by atoms with van der Waals surface area (Å²) >= 11 is 0. The Morgan fingerprint density at radius 3 is 0.819 bits per heavy atom. The van der Waals surface area contributed by atoms with Crippen molar-refractivity contribution in [3.63, 3.8) is 0 Å². The van der Waals surface area contributed by atoms with Crippen LogP contribution in [0.25, 0.3) is 0 Å². The molecule has 0 rings (SSSR count). The largest absolute Gasteiger partial charge is 0.462 e. The van der Waals surface area contributed by atoms with E-state index in [1.54, 1.807) is 0 Å². The SMILES string of the molecule is CCCCC/C=C\C/C=C\C/C=C\CCCCCCCCC(=O)OC(COC(=O)CCCCCCCC)COC(=O)CCCCCCCCCCCCCCCCCCC/C=C\CCCCCCCCCC. The highest BCUT2D eigenvalue weighted by Gasteiger charge is 2.19. The molecule has 0 fully saturated rings. The number of carbonyl (C=O) groups excluding carboxylic acids is 3. The highest BCUT2D eigenvalue weighted by Crippen LogP contribution is 2.17. The number of hydrogen-bond donors (Lipinski definition) is 0. The lowest BCUT2D eigenvalue weighted by atomic mass is 10.0. The van der Waals surface area contributed by atoms with Crippen LogP contribution in [-0.2, 0) is 28.6 Å². The standard InChI is InChI=1S/C66H120O6/c1-4-7-10-13-16-18-20-22-24-26-28-29-30-31-32-33-34-35-36-37-39-40-42-44-46-48-50-53-56-59-65(68)71-62-63(61-70-64(67)58-55-52-15-12-9-6-3)72-66(69)60-57-54-51-49-47-45-43-41-38-27-25-23-21-19-17-14-11-8-5-2/h17,19,23,25-26,28,38,41,63H,4-16,18,20-22,24,27,29-37,39-40,42-62H2,1-3H3/b19-17-,25-23-,28-26-,41-38-. The third-order valence-corrected chi connectivity index (χ3v) is 14.1. The monoisotopic (exact) mass is 1010 g/mol. The van der Waals surface area contributed by atoms with Gasteiger partial charge in [-0.3, -0.25) is 14.4 Å². The number of ether oxygens (including phenoxy) is 3. The molecule has 0 spiro atoms. The van der Waals surface area contributed by atoms with Crippen molar-refractivity contribution < 1.29 is 28.6 Å². The molecule has 1 unspecified atom stereocenters. The van der Waals surface area contributed by atoms with Crippen molar-refractivity contribution in [2.45, 2.75) is 341 Å². The van der Waals surface area contributed by atoms with Gasteiger partial charge < -0.3 is 14.2 Å². The van der Waals surface area contributed by atoms with Gasteiger partial charge in [-0.2, -0.15) is 0 Å². The summed E-state index contributed by atoms with van der Waals surface area (Å²) < 4.78 is 16.8. The van der Waals surface area contributed by atoms with Crippen LogP contribution in [0.4, 0.5) is 0 Å². The Hall–Kier alpha value is -2.63. The number of rotatable bonds is 58. The van der Waals surface area contributed by atoms with E-state index in [1.807, 2.05) is 0 Å². The molecule has 0 aliphatic rings. The topological polar surface area (TPSA) is 78.9 Å².